The summed E-state index contributed by atoms with van der Waals surface area (Å²) in [5, 5.41) is 0. The summed E-state index contributed by atoms with van der Waals surface area (Å²) in [6.45, 7) is 4.60. The summed E-state index contributed by atoms with van der Waals surface area (Å²) in [7, 11) is 0. The molecular formula is C18H22N2. The van der Waals surface area contributed by atoms with Gasteiger partial charge in [0.1, 0.15) is 0 Å². The van der Waals surface area contributed by atoms with Crippen LogP contribution in [0.15, 0.2) is 48.8 Å². The van der Waals surface area contributed by atoms with Gasteiger partial charge in [0, 0.05) is 25.0 Å². The molecule has 104 valence electrons. The molecule has 0 bridgehead atoms. The average molecular weight is 266 g/mol. The minimum absolute atomic E-state index is 0.609. The van der Waals surface area contributed by atoms with Crippen LogP contribution in [-0.2, 0) is 6.42 Å². The molecule has 0 radical (unpaired) electrons. The SMILES string of the molecule is Cc1ccccc1[C@H]1CCCN1CCc1ccncc1. The van der Waals surface area contributed by atoms with Crippen molar-refractivity contribution in [3.63, 3.8) is 0 Å². The van der Waals surface area contributed by atoms with Crippen LogP contribution in [0.2, 0.25) is 0 Å². The van der Waals surface area contributed by atoms with Gasteiger partial charge in [-0.25, -0.2) is 0 Å². The number of hydrogen-bond donors (Lipinski definition) is 0. The average Bonchev–Trinajstić information content (AvgIpc) is 2.95. The Morgan fingerprint density at radius 2 is 1.95 bits per heavy atom. The standard InChI is InChI=1S/C18H22N2/c1-15-5-2-3-6-17(15)18-7-4-13-20(18)14-10-16-8-11-19-12-9-16/h2-3,5-6,8-9,11-12,18H,4,7,10,13-14H2,1H3/t18-/m1/s1. The van der Waals surface area contributed by atoms with Gasteiger partial charge in [-0.2, -0.15) is 0 Å². The topological polar surface area (TPSA) is 16.1 Å². The highest BCUT2D eigenvalue weighted by atomic mass is 15.2. The number of aryl methyl sites for hydroxylation is 1. The zero-order chi connectivity index (χ0) is 13.8. The molecule has 1 fully saturated rings. The summed E-state index contributed by atoms with van der Waals surface area (Å²) in [6.07, 6.45) is 7.50. The van der Waals surface area contributed by atoms with Gasteiger partial charge in [-0.05, 0) is 61.6 Å². The van der Waals surface area contributed by atoms with Gasteiger partial charge in [0.15, 0.2) is 0 Å². The molecule has 2 heterocycles. The number of hydrogen-bond acceptors (Lipinski definition) is 2. The lowest BCUT2D eigenvalue weighted by molar-refractivity contribution is 0.260. The quantitative estimate of drug-likeness (QED) is 0.837. The Labute approximate surface area is 121 Å². The van der Waals surface area contributed by atoms with Gasteiger partial charge in [-0.1, -0.05) is 24.3 Å². The zero-order valence-corrected chi connectivity index (χ0v) is 12.1. The first-order valence-electron chi connectivity index (χ1n) is 7.53. The smallest absolute Gasteiger partial charge is 0.0351 e. The molecule has 2 nitrogen and oxygen atoms in total. The van der Waals surface area contributed by atoms with Crippen LogP contribution in [0, 0.1) is 6.92 Å². The maximum Gasteiger partial charge on any atom is 0.0351 e. The Morgan fingerprint density at radius 1 is 1.15 bits per heavy atom. The largest absolute Gasteiger partial charge is 0.296 e. The lowest BCUT2D eigenvalue weighted by Crippen LogP contribution is -2.26. The molecule has 1 saturated heterocycles. The van der Waals surface area contributed by atoms with E-state index in [1.54, 1.807) is 0 Å². The molecule has 1 aromatic heterocycles. The second kappa shape index (κ2) is 6.19. The van der Waals surface area contributed by atoms with E-state index in [2.05, 4.69) is 53.2 Å². The summed E-state index contributed by atoms with van der Waals surface area (Å²) in [5.41, 5.74) is 4.32. The second-order valence-electron chi connectivity index (χ2n) is 5.66. The van der Waals surface area contributed by atoms with Crippen LogP contribution >= 0.6 is 0 Å². The van der Waals surface area contributed by atoms with E-state index in [0.717, 1.165) is 13.0 Å². The minimum Gasteiger partial charge on any atom is -0.296 e. The van der Waals surface area contributed by atoms with Crippen molar-refractivity contribution in [3.8, 4) is 0 Å². The van der Waals surface area contributed by atoms with Crippen LogP contribution in [0.1, 0.15) is 35.6 Å². The van der Waals surface area contributed by atoms with E-state index in [0.29, 0.717) is 6.04 Å². The van der Waals surface area contributed by atoms with Crippen LogP contribution in [0.25, 0.3) is 0 Å². The highest BCUT2D eigenvalue weighted by Gasteiger charge is 2.26. The van der Waals surface area contributed by atoms with E-state index >= 15 is 0 Å². The molecule has 0 N–H and O–H groups in total. The summed E-state index contributed by atoms with van der Waals surface area (Å²) in [6, 6.07) is 13.7. The van der Waals surface area contributed by atoms with E-state index < -0.39 is 0 Å². The van der Waals surface area contributed by atoms with Crippen molar-refractivity contribution < 1.29 is 0 Å². The van der Waals surface area contributed by atoms with E-state index in [4.69, 9.17) is 0 Å². The predicted octanol–water partition coefficient (Wildman–Crippen LogP) is 3.77. The van der Waals surface area contributed by atoms with Crippen LogP contribution in [0.3, 0.4) is 0 Å². The first kappa shape index (κ1) is 13.3. The van der Waals surface area contributed by atoms with Crippen molar-refractivity contribution in [1.82, 2.24) is 9.88 Å². The maximum absolute atomic E-state index is 4.09. The van der Waals surface area contributed by atoms with Crippen LogP contribution in [0.4, 0.5) is 0 Å². The normalized spacial score (nSPS) is 19.4. The monoisotopic (exact) mass is 266 g/mol. The second-order valence-corrected chi connectivity index (χ2v) is 5.66. The van der Waals surface area contributed by atoms with Gasteiger partial charge in [0.25, 0.3) is 0 Å². The van der Waals surface area contributed by atoms with Crippen LogP contribution in [-0.4, -0.2) is 23.0 Å². The van der Waals surface area contributed by atoms with Crippen molar-refractivity contribution >= 4 is 0 Å². The zero-order valence-electron chi connectivity index (χ0n) is 12.1. The molecule has 1 atom stereocenters. The Bertz CT molecular complexity index is 550. The molecule has 0 unspecified atom stereocenters. The molecular weight excluding hydrogens is 244 g/mol. The van der Waals surface area contributed by atoms with Gasteiger partial charge in [0.2, 0.25) is 0 Å². The molecule has 1 aliphatic heterocycles. The van der Waals surface area contributed by atoms with Gasteiger partial charge < -0.3 is 0 Å². The van der Waals surface area contributed by atoms with Crippen molar-refractivity contribution in [2.24, 2.45) is 0 Å². The van der Waals surface area contributed by atoms with Gasteiger partial charge in [0.05, 0.1) is 0 Å². The van der Waals surface area contributed by atoms with Gasteiger partial charge in [-0.3, -0.25) is 9.88 Å². The fraction of sp³-hybridized carbons (Fsp3) is 0.389. The van der Waals surface area contributed by atoms with Crippen molar-refractivity contribution in [1.29, 1.82) is 0 Å². The number of likely N-dealkylation sites (tertiary alicyclic amines) is 1. The minimum atomic E-state index is 0.609. The summed E-state index contributed by atoms with van der Waals surface area (Å²) >= 11 is 0. The first-order chi connectivity index (χ1) is 9.84. The molecule has 2 heteroatoms. The fourth-order valence-corrected chi connectivity index (χ4v) is 3.23. The maximum atomic E-state index is 4.09. The number of benzene rings is 1. The number of aromatic nitrogens is 1. The van der Waals surface area contributed by atoms with Gasteiger partial charge >= 0.3 is 0 Å². The fourth-order valence-electron chi connectivity index (χ4n) is 3.23. The third-order valence-corrected chi connectivity index (χ3v) is 4.35. The molecule has 1 aliphatic rings. The lowest BCUT2D eigenvalue weighted by atomic mass is 9.99. The molecule has 0 spiro atoms. The first-order valence-corrected chi connectivity index (χ1v) is 7.53. The molecule has 0 aliphatic carbocycles. The van der Waals surface area contributed by atoms with E-state index in [-0.39, 0.29) is 0 Å². The third kappa shape index (κ3) is 2.91. The van der Waals surface area contributed by atoms with Crippen molar-refractivity contribution in [2.45, 2.75) is 32.2 Å². The van der Waals surface area contributed by atoms with E-state index in [1.165, 1.54) is 36.1 Å². The molecule has 1 aromatic carbocycles. The third-order valence-electron chi connectivity index (χ3n) is 4.35. The summed E-state index contributed by atoms with van der Waals surface area (Å²) < 4.78 is 0. The number of rotatable bonds is 4. The van der Waals surface area contributed by atoms with Crippen molar-refractivity contribution in [3.05, 3.63) is 65.5 Å². The van der Waals surface area contributed by atoms with Crippen LogP contribution in [0.5, 0.6) is 0 Å². The predicted molar refractivity (Wildman–Crippen MR) is 82.7 cm³/mol. The molecule has 20 heavy (non-hydrogen) atoms. The Balaban J connectivity index is 1.69. The number of nitrogens with zero attached hydrogens (tertiary/aromatic N) is 2. The van der Waals surface area contributed by atoms with E-state index in [1.807, 2.05) is 12.4 Å². The van der Waals surface area contributed by atoms with Crippen molar-refractivity contribution in [2.75, 3.05) is 13.1 Å². The van der Waals surface area contributed by atoms with Crippen LogP contribution < -0.4 is 0 Å². The summed E-state index contributed by atoms with van der Waals surface area (Å²) in [4.78, 5) is 6.73. The van der Waals surface area contributed by atoms with E-state index in [9.17, 15) is 0 Å². The van der Waals surface area contributed by atoms with Gasteiger partial charge in [-0.15, -0.1) is 0 Å². The molecule has 0 amide bonds. The Kier molecular flexibility index (Phi) is 4.12. The number of pyridine rings is 1. The lowest BCUT2D eigenvalue weighted by Gasteiger charge is -2.26. The highest BCUT2D eigenvalue weighted by molar-refractivity contribution is 5.29. The Hall–Kier alpha value is -1.67. The Morgan fingerprint density at radius 3 is 2.75 bits per heavy atom. The highest BCUT2D eigenvalue weighted by Crippen LogP contribution is 2.33. The molecule has 2 aromatic rings. The molecule has 3 rings (SSSR count). The molecule has 0 saturated carbocycles. The summed E-state index contributed by atoms with van der Waals surface area (Å²) in [5.74, 6) is 0.